The van der Waals surface area contributed by atoms with Crippen molar-refractivity contribution in [2.75, 3.05) is 0 Å². The molecule has 0 fully saturated rings. The Morgan fingerprint density at radius 1 is 0.400 bits per heavy atom. The summed E-state index contributed by atoms with van der Waals surface area (Å²) >= 11 is 0. The van der Waals surface area contributed by atoms with Gasteiger partial charge in [0.25, 0.3) is 0 Å². The predicted molar refractivity (Wildman–Crippen MR) is 205 cm³/mol. The van der Waals surface area contributed by atoms with Crippen LogP contribution in [0.2, 0.25) is 0 Å². The van der Waals surface area contributed by atoms with E-state index >= 15 is 0 Å². The highest BCUT2D eigenvalue weighted by molar-refractivity contribution is 6.11. The summed E-state index contributed by atoms with van der Waals surface area (Å²) in [4.78, 5) is 10.1. The third kappa shape index (κ3) is 4.61. The van der Waals surface area contributed by atoms with Gasteiger partial charge >= 0.3 is 0 Å². The summed E-state index contributed by atoms with van der Waals surface area (Å²) in [7, 11) is 0. The van der Waals surface area contributed by atoms with E-state index < -0.39 is 0 Å². The van der Waals surface area contributed by atoms with Crippen LogP contribution in [0.3, 0.4) is 0 Å². The largest absolute Gasteiger partial charge is 0.452 e. The maximum absolute atomic E-state index is 6.42. The summed E-state index contributed by atoms with van der Waals surface area (Å²) in [5.74, 6) is 0.677. The van der Waals surface area contributed by atoms with Crippen LogP contribution in [0, 0.1) is 0 Å². The molecule has 4 nitrogen and oxygen atoms in total. The van der Waals surface area contributed by atoms with Gasteiger partial charge in [-0.15, -0.1) is 0 Å². The number of nitrogens with zero attached hydrogens (tertiary/aromatic N) is 3. The van der Waals surface area contributed by atoms with E-state index in [0.29, 0.717) is 11.4 Å². The molecule has 234 valence electrons. The normalized spacial score (nSPS) is 11.6. The number of fused-ring (bicyclic) bond motifs is 6. The minimum atomic E-state index is 0.677. The Bertz CT molecular complexity index is 2870. The van der Waals surface area contributed by atoms with Crippen LogP contribution >= 0.6 is 0 Å². The Hall–Kier alpha value is -6.78. The van der Waals surface area contributed by atoms with E-state index in [1.165, 1.54) is 32.9 Å². The van der Waals surface area contributed by atoms with Crippen LogP contribution in [0.1, 0.15) is 0 Å². The lowest BCUT2D eigenvalue weighted by Gasteiger charge is -2.10. The van der Waals surface area contributed by atoms with Crippen molar-refractivity contribution in [1.29, 1.82) is 0 Å². The average Bonchev–Trinajstić information content (AvgIpc) is 3.74. The molecule has 0 saturated heterocycles. The summed E-state index contributed by atoms with van der Waals surface area (Å²) in [6.45, 7) is 0. The molecule has 0 amide bonds. The van der Waals surface area contributed by atoms with Crippen LogP contribution in [0.5, 0.6) is 0 Å². The summed E-state index contributed by atoms with van der Waals surface area (Å²) in [5.41, 5.74) is 13.2. The molecule has 7 aromatic carbocycles. The SMILES string of the molecule is c1ccc(-c2nc(-c3cccc(-c4cccc(-c5ccc6c(c5)c5ccccc5n6-c5ccccc5)c4)c3)c3oc4ccccc4c3n2)cc1. The molecule has 0 aliphatic heterocycles. The van der Waals surface area contributed by atoms with Gasteiger partial charge < -0.3 is 8.98 Å². The topological polar surface area (TPSA) is 43.9 Å². The molecule has 50 heavy (non-hydrogen) atoms. The van der Waals surface area contributed by atoms with Crippen molar-refractivity contribution in [3.63, 3.8) is 0 Å². The Balaban J connectivity index is 1.09. The van der Waals surface area contributed by atoms with Crippen LogP contribution in [-0.2, 0) is 0 Å². The van der Waals surface area contributed by atoms with Gasteiger partial charge in [-0.05, 0) is 76.9 Å². The van der Waals surface area contributed by atoms with Crippen molar-refractivity contribution < 1.29 is 4.42 Å². The van der Waals surface area contributed by atoms with Crippen molar-refractivity contribution in [3.05, 3.63) is 176 Å². The first-order valence-corrected chi connectivity index (χ1v) is 16.8. The highest BCUT2D eigenvalue weighted by Crippen LogP contribution is 2.38. The van der Waals surface area contributed by atoms with Gasteiger partial charge in [-0.1, -0.05) is 121 Å². The van der Waals surface area contributed by atoms with Crippen molar-refractivity contribution in [2.24, 2.45) is 0 Å². The third-order valence-electron chi connectivity index (χ3n) is 9.60. The van der Waals surface area contributed by atoms with Gasteiger partial charge in [0.05, 0.1) is 11.0 Å². The summed E-state index contributed by atoms with van der Waals surface area (Å²) in [6, 6.07) is 61.6. The van der Waals surface area contributed by atoms with Crippen LogP contribution < -0.4 is 0 Å². The highest BCUT2D eigenvalue weighted by atomic mass is 16.3. The third-order valence-corrected chi connectivity index (χ3v) is 9.60. The lowest BCUT2D eigenvalue weighted by Crippen LogP contribution is -1.94. The molecule has 0 saturated carbocycles. The first kappa shape index (κ1) is 28.3. The Morgan fingerprint density at radius 3 is 1.76 bits per heavy atom. The van der Waals surface area contributed by atoms with E-state index in [2.05, 4.69) is 132 Å². The van der Waals surface area contributed by atoms with Gasteiger partial charge in [0.1, 0.15) is 16.8 Å². The second-order valence-corrected chi connectivity index (χ2v) is 12.6. The number of furan rings is 1. The maximum atomic E-state index is 6.42. The van der Waals surface area contributed by atoms with Gasteiger partial charge in [0.15, 0.2) is 11.4 Å². The Morgan fingerprint density at radius 2 is 0.980 bits per heavy atom. The molecule has 0 atom stereocenters. The molecule has 0 spiro atoms. The lowest BCUT2D eigenvalue weighted by atomic mass is 9.96. The molecule has 10 aromatic rings. The zero-order valence-corrected chi connectivity index (χ0v) is 27.0. The summed E-state index contributed by atoms with van der Waals surface area (Å²) in [6.07, 6.45) is 0. The number of rotatable bonds is 5. The standard InChI is InChI=1S/C46H29N3O/c1-3-13-30(14-4-1)46-47-43(45-44(48-46)38-22-8-10-24-42(38)50-45)35-18-12-17-33(28-35)31-15-11-16-32(27-31)34-25-26-41-39(29-34)37-21-7-9-23-40(37)49(41)36-19-5-2-6-20-36/h1-29H. The zero-order chi connectivity index (χ0) is 33.0. The maximum Gasteiger partial charge on any atom is 0.180 e. The Labute approximate surface area is 288 Å². The molecule has 0 radical (unpaired) electrons. The molecule has 3 heterocycles. The summed E-state index contributed by atoms with van der Waals surface area (Å²) in [5, 5.41) is 3.46. The van der Waals surface area contributed by atoms with Gasteiger partial charge in [-0.3, -0.25) is 0 Å². The lowest BCUT2D eigenvalue weighted by molar-refractivity contribution is 0.667. The first-order chi connectivity index (χ1) is 24.8. The van der Waals surface area contributed by atoms with Crippen molar-refractivity contribution in [1.82, 2.24) is 14.5 Å². The smallest absolute Gasteiger partial charge is 0.180 e. The van der Waals surface area contributed by atoms with Gasteiger partial charge in [-0.2, -0.15) is 0 Å². The number of para-hydroxylation sites is 3. The number of benzene rings is 7. The van der Waals surface area contributed by atoms with E-state index in [1.807, 2.05) is 48.5 Å². The number of aromatic nitrogens is 3. The quantitative estimate of drug-likeness (QED) is 0.188. The van der Waals surface area contributed by atoms with E-state index in [1.54, 1.807) is 0 Å². The molecule has 0 aliphatic rings. The summed E-state index contributed by atoms with van der Waals surface area (Å²) < 4.78 is 8.77. The molecule has 0 N–H and O–H groups in total. The van der Waals surface area contributed by atoms with Crippen LogP contribution in [0.15, 0.2) is 180 Å². The second-order valence-electron chi connectivity index (χ2n) is 12.6. The van der Waals surface area contributed by atoms with Crippen LogP contribution in [0.4, 0.5) is 0 Å². The molecule has 10 rings (SSSR count). The van der Waals surface area contributed by atoms with E-state index in [4.69, 9.17) is 14.4 Å². The molecule has 0 unspecified atom stereocenters. The second kappa shape index (κ2) is 11.4. The minimum absolute atomic E-state index is 0.677. The van der Waals surface area contributed by atoms with Crippen molar-refractivity contribution in [3.8, 4) is 50.6 Å². The monoisotopic (exact) mass is 639 g/mol. The van der Waals surface area contributed by atoms with Gasteiger partial charge in [-0.25, -0.2) is 9.97 Å². The molecule has 0 bridgehead atoms. The fourth-order valence-corrected chi connectivity index (χ4v) is 7.23. The zero-order valence-electron chi connectivity index (χ0n) is 27.0. The Kier molecular flexibility index (Phi) is 6.46. The molecule has 4 heteroatoms. The highest BCUT2D eigenvalue weighted by Gasteiger charge is 2.19. The first-order valence-electron chi connectivity index (χ1n) is 16.8. The average molecular weight is 640 g/mol. The minimum Gasteiger partial charge on any atom is -0.452 e. The van der Waals surface area contributed by atoms with E-state index in [9.17, 15) is 0 Å². The van der Waals surface area contributed by atoms with Crippen molar-refractivity contribution in [2.45, 2.75) is 0 Å². The van der Waals surface area contributed by atoms with Gasteiger partial charge in [0, 0.05) is 33.0 Å². The number of hydrogen-bond acceptors (Lipinski definition) is 3. The van der Waals surface area contributed by atoms with Crippen LogP contribution in [0.25, 0.3) is 94.5 Å². The fraction of sp³-hybridized carbons (Fsp3) is 0. The molecular formula is C46H29N3O. The van der Waals surface area contributed by atoms with E-state index in [-0.39, 0.29) is 0 Å². The predicted octanol–water partition coefficient (Wildman–Crippen LogP) is 12.1. The molecule has 3 aromatic heterocycles. The van der Waals surface area contributed by atoms with Gasteiger partial charge in [0.2, 0.25) is 0 Å². The van der Waals surface area contributed by atoms with Crippen LogP contribution in [-0.4, -0.2) is 14.5 Å². The molecule has 0 aliphatic carbocycles. The molecular weight excluding hydrogens is 611 g/mol. The fourth-order valence-electron chi connectivity index (χ4n) is 7.23. The number of hydrogen-bond donors (Lipinski definition) is 0. The van der Waals surface area contributed by atoms with E-state index in [0.717, 1.165) is 50.1 Å². The van der Waals surface area contributed by atoms with Crippen molar-refractivity contribution >= 4 is 43.9 Å².